The van der Waals surface area contributed by atoms with Crippen LogP contribution < -0.4 is 4.74 Å². The Bertz CT molecular complexity index is 612. The van der Waals surface area contributed by atoms with Crippen LogP contribution in [0.3, 0.4) is 0 Å². The third-order valence-electron chi connectivity index (χ3n) is 4.12. The summed E-state index contributed by atoms with van der Waals surface area (Å²) in [7, 11) is 0. The van der Waals surface area contributed by atoms with Crippen molar-refractivity contribution in [1.29, 1.82) is 5.26 Å². The van der Waals surface area contributed by atoms with Crippen molar-refractivity contribution in [1.82, 2.24) is 14.9 Å². The highest BCUT2D eigenvalue weighted by molar-refractivity contribution is 5.68. The number of hydrogen-bond acceptors (Lipinski definition) is 7. The van der Waals surface area contributed by atoms with Crippen LogP contribution in [0.2, 0.25) is 0 Å². The van der Waals surface area contributed by atoms with Crippen molar-refractivity contribution >= 4 is 6.09 Å². The van der Waals surface area contributed by atoms with Crippen LogP contribution in [0.4, 0.5) is 4.79 Å². The minimum atomic E-state index is -0.310. The Morgan fingerprint density at radius 3 is 2.83 bits per heavy atom. The first-order valence-corrected chi connectivity index (χ1v) is 8.17. The van der Waals surface area contributed by atoms with Crippen molar-refractivity contribution in [3.05, 3.63) is 18.1 Å². The normalized spacial score (nSPS) is 21.8. The molecular weight excluding hydrogens is 312 g/mol. The van der Waals surface area contributed by atoms with E-state index in [9.17, 15) is 4.79 Å². The number of carbonyl (C=O) groups excluding carboxylic acids is 1. The third kappa shape index (κ3) is 4.11. The van der Waals surface area contributed by atoms with E-state index in [0.717, 1.165) is 25.7 Å². The first-order chi connectivity index (χ1) is 11.8. The van der Waals surface area contributed by atoms with Crippen molar-refractivity contribution in [3.63, 3.8) is 0 Å². The predicted molar refractivity (Wildman–Crippen MR) is 82.3 cm³/mol. The van der Waals surface area contributed by atoms with E-state index in [-0.39, 0.29) is 29.9 Å². The number of nitriles is 1. The topological polar surface area (TPSA) is 97.6 Å². The van der Waals surface area contributed by atoms with Gasteiger partial charge in [-0.3, -0.25) is 0 Å². The summed E-state index contributed by atoms with van der Waals surface area (Å²) < 4.78 is 16.6. The number of rotatable bonds is 3. The van der Waals surface area contributed by atoms with Gasteiger partial charge in [0.1, 0.15) is 18.3 Å². The monoisotopic (exact) mass is 332 g/mol. The molecule has 1 aromatic heterocycles. The van der Waals surface area contributed by atoms with Crippen molar-refractivity contribution in [2.45, 2.75) is 37.9 Å². The first-order valence-electron chi connectivity index (χ1n) is 8.17. The summed E-state index contributed by atoms with van der Waals surface area (Å²) in [5.41, 5.74) is 0.152. The number of hydrogen-bond donors (Lipinski definition) is 0. The number of piperidine rings is 1. The van der Waals surface area contributed by atoms with Gasteiger partial charge in [-0.25, -0.2) is 14.8 Å². The Kier molecular flexibility index (Phi) is 5.43. The molecule has 0 spiro atoms. The van der Waals surface area contributed by atoms with Gasteiger partial charge in [0.25, 0.3) is 5.88 Å². The zero-order chi connectivity index (χ0) is 16.8. The van der Waals surface area contributed by atoms with E-state index in [1.54, 1.807) is 4.90 Å². The van der Waals surface area contributed by atoms with Crippen LogP contribution in [0.1, 0.15) is 31.4 Å². The van der Waals surface area contributed by atoms with Crippen LogP contribution in [0, 0.1) is 11.3 Å². The number of aromatic nitrogens is 2. The van der Waals surface area contributed by atoms with Gasteiger partial charge in [0.05, 0.1) is 19.8 Å². The fourth-order valence-electron chi connectivity index (χ4n) is 2.86. The molecule has 1 atom stereocenters. The molecule has 0 radical (unpaired) electrons. The Hall–Kier alpha value is -2.40. The maximum absolute atomic E-state index is 12.3. The number of nitrogens with zero attached hydrogens (tertiary/aromatic N) is 4. The van der Waals surface area contributed by atoms with Crippen LogP contribution in [-0.4, -0.2) is 59.5 Å². The van der Waals surface area contributed by atoms with Crippen LogP contribution in [0.25, 0.3) is 0 Å². The van der Waals surface area contributed by atoms with E-state index in [2.05, 4.69) is 9.97 Å². The molecule has 1 aromatic rings. The Morgan fingerprint density at radius 1 is 1.25 bits per heavy atom. The maximum Gasteiger partial charge on any atom is 0.410 e. The fraction of sp³-hybridized carbons (Fsp3) is 0.625. The van der Waals surface area contributed by atoms with Gasteiger partial charge < -0.3 is 19.1 Å². The summed E-state index contributed by atoms with van der Waals surface area (Å²) in [4.78, 5) is 22.0. The molecule has 8 heteroatoms. The molecule has 0 aromatic carbocycles. The van der Waals surface area contributed by atoms with Gasteiger partial charge in [-0.15, -0.1) is 0 Å². The van der Waals surface area contributed by atoms with E-state index in [1.807, 2.05) is 6.07 Å². The van der Waals surface area contributed by atoms with Crippen molar-refractivity contribution < 1.29 is 19.0 Å². The molecule has 2 saturated heterocycles. The molecule has 2 fully saturated rings. The van der Waals surface area contributed by atoms with Gasteiger partial charge in [-0.05, 0) is 12.8 Å². The summed E-state index contributed by atoms with van der Waals surface area (Å²) in [5, 5.41) is 9.04. The molecule has 3 rings (SSSR count). The molecule has 128 valence electrons. The molecular formula is C16H20N4O4. The van der Waals surface area contributed by atoms with Crippen LogP contribution in [0.5, 0.6) is 5.88 Å². The van der Waals surface area contributed by atoms with E-state index < -0.39 is 0 Å². The number of ether oxygens (including phenoxy) is 3. The maximum atomic E-state index is 12.3. The molecule has 2 aliphatic rings. The van der Waals surface area contributed by atoms with Gasteiger partial charge in [0.2, 0.25) is 5.69 Å². The molecule has 24 heavy (non-hydrogen) atoms. The first kappa shape index (κ1) is 16.5. The van der Waals surface area contributed by atoms with Gasteiger partial charge in [-0.1, -0.05) is 0 Å². The second kappa shape index (κ2) is 7.93. The highest BCUT2D eigenvalue weighted by atomic mass is 16.6. The summed E-state index contributed by atoms with van der Waals surface area (Å²) in [5.74, 6) is 0.213. The fourth-order valence-corrected chi connectivity index (χ4v) is 2.86. The molecule has 0 bridgehead atoms. The number of amides is 1. The third-order valence-corrected chi connectivity index (χ3v) is 4.12. The molecule has 1 amide bonds. The summed E-state index contributed by atoms with van der Waals surface area (Å²) >= 11 is 0. The van der Waals surface area contributed by atoms with Crippen LogP contribution >= 0.6 is 0 Å². The zero-order valence-corrected chi connectivity index (χ0v) is 13.4. The predicted octanol–water partition coefficient (Wildman–Crippen LogP) is 1.51. The second-order valence-corrected chi connectivity index (χ2v) is 5.85. The Balaban J connectivity index is 1.55. The molecule has 0 N–H and O–H groups in total. The molecule has 3 heterocycles. The van der Waals surface area contributed by atoms with Crippen molar-refractivity contribution in [3.8, 4) is 11.9 Å². The average Bonchev–Trinajstić information content (AvgIpc) is 2.63. The van der Waals surface area contributed by atoms with E-state index >= 15 is 0 Å². The lowest BCUT2D eigenvalue weighted by Gasteiger charge is -2.33. The minimum Gasteiger partial charge on any atom is -0.470 e. The summed E-state index contributed by atoms with van der Waals surface area (Å²) in [6.07, 6.45) is 5.42. The average molecular weight is 332 g/mol. The summed E-state index contributed by atoms with van der Waals surface area (Å²) in [6, 6.07) is 1.96. The largest absolute Gasteiger partial charge is 0.470 e. The highest BCUT2D eigenvalue weighted by Gasteiger charge is 2.29. The van der Waals surface area contributed by atoms with E-state index in [4.69, 9.17) is 19.5 Å². The molecule has 1 unspecified atom stereocenters. The van der Waals surface area contributed by atoms with Crippen molar-refractivity contribution in [2.24, 2.45) is 0 Å². The molecule has 0 saturated carbocycles. The smallest absolute Gasteiger partial charge is 0.410 e. The Labute approximate surface area is 140 Å². The van der Waals surface area contributed by atoms with E-state index in [1.165, 1.54) is 12.4 Å². The Morgan fingerprint density at radius 2 is 2.04 bits per heavy atom. The van der Waals surface area contributed by atoms with Crippen LogP contribution in [0.15, 0.2) is 12.4 Å². The number of carbonyl (C=O) groups is 1. The zero-order valence-electron chi connectivity index (χ0n) is 13.4. The lowest BCUT2D eigenvalue weighted by atomic mass is 10.1. The molecule has 8 nitrogen and oxygen atoms in total. The second-order valence-electron chi connectivity index (χ2n) is 5.85. The van der Waals surface area contributed by atoms with Gasteiger partial charge in [0.15, 0.2) is 0 Å². The standard InChI is InChI=1S/C16H20N4O4/c17-10-14-15(19-6-5-18-14)23-13-2-1-7-20(11-13)16(21)24-12-3-8-22-9-4-12/h5-6,12-13H,1-4,7-9,11H2. The number of likely N-dealkylation sites (tertiary alicyclic amines) is 1. The van der Waals surface area contributed by atoms with Gasteiger partial charge in [-0.2, -0.15) is 5.26 Å². The lowest BCUT2D eigenvalue weighted by Crippen LogP contribution is -2.46. The SMILES string of the molecule is N#Cc1nccnc1OC1CCCN(C(=O)OC2CCOCC2)C1. The van der Waals surface area contributed by atoms with E-state index in [0.29, 0.717) is 26.3 Å². The lowest BCUT2D eigenvalue weighted by molar-refractivity contribution is -0.0175. The summed E-state index contributed by atoms with van der Waals surface area (Å²) in [6.45, 7) is 2.33. The molecule has 0 aliphatic carbocycles. The van der Waals surface area contributed by atoms with Gasteiger partial charge >= 0.3 is 6.09 Å². The highest BCUT2D eigenvalue weighted by Crippen LogP contribution is 2.20. The minimum absolute atomic E-state index is 0.0715. The quantitative estimate of drug-likeness (QED) is 0.827. The van der Waals surface area contributed by atoms with Crippen molar-refractivity contribution in [2.75, 3.05) is 26.3 Å². The van der Waals surface area contributed by atoms with Gasteiger partial charge in [0, 0.05) is 31.8 Å². The molecule has 2 aliphatic heterocycles. The van der Waals surface area contributed by atoms with Crippen LogP contribution in [-0.2, 0) is 9.47 Å².